The van der Waals surface area contributed by atoms with Crippen molar-refractivity contribution in [1.29, 1.82) is 0 Å². The number of thiophene rings is 1. The number of rotatable bonds is 4. The van der Waals surface area contributed by atoms with Crippen LogP contribution in [0.3, 0.4) is 0 Å². The van der Waals surface area contributed by atoms with Gasteiger partial charge in [0, 0.05) is 16.5 Å². The highest BCUT2D eigenvalue weighted by Crippen LogP contribution is 2.39. The van der Waals surface area contributed by atoms with Crippen LogP contribution >= 0.6 is 11.3 Å². The molecule has 0 atom stereocenters. The summed E-state index contributed by atoms with van der Waals surface area (Å²) in [7, 11) is 0. The Morgan fingerprint density at radius 1 is 0.889 bits per heavy atom. The molecule has 0 fully saturated rings. The van der Waals surface area contributed by atoms with Gasteiger partial charge in [-0.2, -0.15) is 0 Å². The molecule has 6 rings (SSSR count). The molecule has 0 N–H and O–H groups in total. The molecule has 0 amide bonds. The third-order valence-electron chi connectivity index (χ3n) is 6.97. The van der Waals surface area contributed by atoms with Crippen LogP contribution in [0.2, 0.25) is 0 Å². The zero-order valence-corrected chi connectivity index (χ0v) is 22.4. The van der Waals surface area contributed by atoms with Gasteiger partial charge in [-0.15, -0.1) is 11.3 Å². The number of pyridine rings is 1. The number of hydrogen-bond donors (Lipinski definition) is 0. The van der Waals surface area contributed by atoms with Crippen LogP contribution in [0, 0.1) is 5.92 Å². The summed E-state index contributed by atoms with van der Waals surface area (Å²) in [5.41, 5.74) is 9.29. The Labute approximate surface area is 216 Å². The van der Waals surface area contributed by atoms with E-state index >= 15 is 0 Å². The quantitative estimate of drug-likeness (QED) is 0.246. The lowest BCUT2D eigenvalue weighted by atomic mass is 9.82. The van der Waals surface area contributed by atoms with E-state index in [9.17, 15) is 0 Å². The summed E-state index contributed by atoms with van der Waals surface area (Å²) in [6.07, 6.45) is 2.94. The maximum absolute atomic E-state index is 5.88. The zero-order chi connectivity index (χ0) is 25.0. The average molecular weight is 490 g/mol. The lowest BCUT2D eigenvalue weighted by Gasteiger charge is -2.23. The maximum Gasteiger partial charge on any atom is 0.134 e. The Kier molecular flexibility index (Phi) is 5.49. The highest BCUT2D eigenvalue weighted by atomic mass is 32.1. The summed E-state index contributed by atoms with van der Waals surface area (Å²) < 4.78 is 7.11. The van der Waals surface area contributed by atoms with Crippen LogP contribution in [-0.4, -0.2) is 4.98 Å². The topological polar surface area (TPSA) is 26.0 Å². The number of hydrogen-bond acceptors (Lipinski definition) is 3. The van der Waals surface area contributed by atoms with E-state index in [0.717, 1.165) is 28.8 Å². The van der Waals surface area contributed by atoms with Crippen LogP contribution in [0.15, 0.2) is 82.8 Å². The van der Waals surface area contributed by atoms with Gasteiger partial charge in [0.2, 0.25) is 0 Å². The molecule has 0 aliphatic heterocycles. The number of aromatic nitrogens is 1. The average Bonchev–Trinajstić information content (AvgIpc) is 3.48. The van der Waals surface area contributed by atoms with Gasteiger partial charge < -0.3 is 4.42 Å². The monoisotopic (exact) mass is 489 g/mol. The molecular formula is C33H31NOS. The molecule has 0 spiro atoms. The van der Waals surface area contributed by atoms with E-state index in [1.54, 1.807) is 11.3 Å². The fraction of sp³-hybridized carbons (Fsp3) is 0.242. The van der Waals surface area contributed by atoms with Gasteiger partial charge in [-0.1, -0.05) is 65.0 Å². The Morgan fingerprint density at radius 3 is 2.53 bits per heavy atom. The first-order chi connectivity index (χ1) is 17.3. The van der Waals surface area contributed by atoms with E-state index in [1.165, 1.54) is 43.1 Å². The minimum atomic E-state index is 0.0318. The van der Waals surface area contributed by atoms with Crippen LogP contribution < -0.4 is 0 Å². The van der Waals surface area contributed by atoms with Gasteiger partial charge in [0.05, 0.1) is 22.2 Å². The van der Waals surface area contributed by atoms with Crippen molar-refractivity contribution in [2.75, 3.05) is 0 Å². The largest absolute Gasteiger partial charge is 0.464 e. The van der Waals surface area contributed by atoms with Gasteiger partial charge >= 0.3 is 0 Å². The van der Waals surface area contributed by atoms with Gasteiger partial charge in [0.15, 0.2) is 0 Å². The molecule has 0 unspecified atom stereocenters. The molecule has 3 aromatic heterocycles. The van der Waals surface area contributed by atoms with Crippen molar-refractivity contribution in [2.24, 2.45) is 5.92 Å². The minimum absolute atomic E-state index is 0.0318. The predicted molar refractivity (Wildman–Crippen MR) is 155 cm³/mol. The summed E-state index contributed by atoms with van der Waals surface area (Å²) >= 11 is 1.76. The molecule has 0 bridgehead atoms. The fourth-order valence-electron chi connectivity index (χ4n) is 5.24. The van der Waals surface area contributed by atoms with Crippen molar-refractivity contribution in [3.8, 4) is 22.4 Å². The second-order valence-electron chi connectivity index (χ2n) is 11.3. The van der Waals surface area contributed by atoms with E-state index in [2.05, 4.69) is 107 Å². The van der Waals surface area contributed by atoms with Crippen LogP contribution in [0.5, 0.6) is 0 Å². The molecule has 3 aromatic carbocycles. The molecule has 3 heteroatoms. The molecule has 0 aliphatic carbocycles. The molecule has 0 aliphatic rings. The molecule has 6 aromatic rings. The van der Waals surface area contributed by atoms with Gasteiger partial charge in [0.25, 0.3) is 0 Å². The Balaban J connectivity index is 1.57. The van der Waals surface area contributed by atoms with Crippen LogP contribution in [0.4, 0.5) is 0 Å². The summed E-state index contributed by atoms with van der Waals surface area (Å²) in [4.78, 5) is 5.12. The van der Waals surface area contributed by atoms with Gasteiger partial charge in [0.1, 0.15) is 5.58 Å². The lowest BCUT2D eigenvalue weighted by Crippen LogP contribution is -2.12. The molecule has 3 heterocycles. The first kappa shape index (κ1) is 23.0. The van der Waals surface area contributed by atoms with Crippen molar-refractivity contribution in [2.45, 2.75) is 46.5 Å². The molecule has 0 saturated carbocycles. The molecule has 0 saturated heterocycles. The lowest BCUT2D eigenvalue weighted by molar-refractivity contribution is 0.594. The van der Waals surface area contributed by atoms with E-state index in [4.69, 9.17) is 9.40 Å². The second kappa shape index (κ2) is 8.60. The SMILES string of the molecule is CC(C)Cc1coc2ccc(-c3cc(-c4cc(C(C)(C)C)c5ccccc5c4)nc4ccsc34)cc12. The number of benzene rings is 3. The molecule has 36 heavy (non-hydrogen) atoms. The normalized spacial score (nSPS) is 12.4. The first-order valence-corrected chi connectivity index (χ1v) is 13.6. The third kappa shape index (κ3) is 4.02. The maximum atomic E-state index is 5.88. The zero-order valence-electron chi connectivity index (χ0n) is 21.6. The number of fused-ring (bicyclic) bond motifs is 3. The molecule has 180 valence electrons. The highest BCUT2D eigenvalue weighted by molar-refractivity contribution is 7.17. The second-order valence-corrected chi connectivity index (χ2v) is 12.2. The number of nitrogens with zero attached hydrogens (tertiary/aromatic N) is 1. The Morgan fingerprint density at radius 2 is 1.72 bits per heavy atom. The van der Waals surface area contributed by atoms with Gasteiger partial charge in [-0.25, -0.2) is 4.98 Å². The number of furan rings is 1. The van der Waals surface area contributed by atoms with E-state index in [-0.39, 0.29) is 5.41 Å². The smallest absolute Gasteiger partial charge is 0.134 e. The van der Waals surface area contributed by atoms with Crippen molar-refractivity contribution in [1.82, 2.24) is 4.98 Å². The minimum Gasteiger partial charge on any atom is -0.464 e. The molecule has 0 radical (unpaired) electrons. The Hall–Kier alpha value is -3.43. The van der Waals surface area contributed by atoms with Gasteiger partial charge in [-0.05, 0) is 87.0 Å². The van der Waals surface area contributed by atoms with Crippen molar-refractivity contribution >= 4 is 43.3 Å². The summed E-state index contributed by atoms with van der Waals surface area (Å²) in [5.74, 6) is 0.580. The van der Waals surface area contributed by atoms with Crippen molar-refractivity contribution in [3.05, 3.63) is 89.5 Å². The first-order valence-electron chi connectivity index (χ1n) is 12.7. The van der Waals surface area contributed by atoms with Crippen LogP contribution in [0.25, 0.3) is 54.3 Å². The van der Waals surface area contributed by atoms with Crippen LogP contribution in [-0.2, 0) is 11.8 Å². The van der Waals surface area contributed by atoms with E-state index in [1.807, 2.05) is 6.26 Å². The van der Waals surface area contributed by atoms with Crippen molar-refractivity contribution in [3.63, 3.8) is 0 Å². The van der Waals surface area contributed by atoms with E-state index in [0.29, 0.717) is 5.92 Å². The highest BCUT2D eigenvalue weighted by Gasteiger charge is 2.20. The fourth-order valence-corrected chi connectivity index (χ4v) is 6.12. The summed E-state index contributed by atoms with van der Waals surface area (Å²) in [6.45, 7) is 11.4. The van der Waals surface area contributed by atoms with E-state index < -0.39 is 0 Å². The summed E-state index contributed by atoms with van der Waals surface area (Å²) in [5, 5.41) is 5.93. The third-order valence-corrected chi connectivity index (χ3v) is 7.91. The van der Waals surface area contributed by atoms with Crippen LogP contribution in [0.1, 0.15) is 45.7 Å². The molecular weight excluding hydrogens is 458 g/mol. The standard InChI is InChI=1S/C33H31NOS/c1-20(2)14-24-19-35-31-11-10-22(16-26(24)31)27-18-30(34-29-12-13-36-32(27)29)23-15-21-8-6-7-9-25(21)28(17-23)33(3,4)5/h6-13,15-20H,14H2,1-5H3. The van der Waals surface area contributed by atoms with Gasteiger partial charge in [-0.3, -0.25) is 0 Å². The molecule has 2 nitrogen and oxygen atoms in total. The van der Waals surface area contributed by atoms with Crippen molar-refractivity contribution < 1.29 is 4.42 Å². The predicted octanol–water partition coefficient (Wildman–Crippen LogP) is 10.0. The Bertz CT molecular complexity index is 1730. The summed E-state index contributed by atoms with van der Waals surface area (Å²) in [6, 6.07) is 24.3.